The molecule has 0 aliphatic heterocycles. The summed E-state index contributed by atoms with van der Waals surface area (Å²) in [4.78, 5) is 9.24. The van der Waals surface area contributed by atoms with Gasteiger partial charge in [0.25, 0.3) is 0 Å². The summed E-state index contributed by atoms with van der Waals surface area (Å²) in [5.41, 5.74) is 4.57. The zero-order valence-electron chi connectivity index (χ0n) is 7.12. The molecule has 4 atom stereocenters. The Hall–Kier alpha value is -0.710. The summed E-state index contributed by atoms with van der Waals surface area (Å²) < 4.78 is 24.5. The van der Waals surface area contributed by atoms with Gasteiger partial charge >= 0.3 is 5.97 Å². The van der Waals surface area contributed by atoms with Gasteiger partial charge in [0.1, 0.15) is 12.3 Å². The van der Waals surface area contributed by atoms with Gasteiger partial charge in [-0.25, -0.2) is 8.78 Å². The van der Waals surface area contributed by atoms with Crippen molar-refractivity contribution < 1.29 is 18.7 Å². The Bertz CT molecular complexity index is 175. The highest BCUT2D eigenvalue weighted by Crippen LogP contribution is 2.53. The molecule has 0 aromatic heterocycles. The summed E-state index contributed by atoms with van der Waals surface area (Å²) in [6.45, 7) is -0.278. The lowest BCUT2D eigenvalue weighted by atomic mass is 9.57. The molecule has 0 aromatic rings. The molecule has 2 rings (SSSR count). The first-order valence-corrected chi connectivity index (χ1v) is 4.28. The maximum Gasteiger partial charge on any atom is 0.317 e. The summed E-state index contributed by atoms with van der Waals surface area (Å²) in [5.74, 6) is -0.736. The highest BCUT2D eigenvalue weighted by atomic mass is 19.2. The zero-order valence-corrected chi connectivity index (χ0v) is 7.12. The van der Waals surface area contributed by atoms with Gasteiger partial charge < -0.3 is 10.8 Å². The van der Waals surface area contributed by atoms with Crippen LogP contribution in [0.1, 0.15) is 12.8 Å². The third kappa shape index (κ3) is 1.96. The maximum atomic E-state index is 12.2. The molecule has 76 valence electrons. The van der Waals surface area contributed by atoms with E-state index in [1.165, 1.54) is 0 Å². The minimum absolute atomic E-state index is 0.116. The number of halogens is 2. The van der Waals surface area contributed by atoms with Gasteiger partial charge in [0, 0.05) is 0 Å². The van der Waals surface area contributed by atoms with E-state index in [4.69, 9.17) is 5.11 Å². The summed E-state index contributed by atoms with van der Waals surface area (Å²) in [5, 5.41) is 7.60. The molecule has 2 fully saturated rings. The lowest BCUT2D eigenvalue weighted by Gasteiger charge is -2.51. The first kappa shape index (κ1) is 10.4. The molecule has 2 aliphatic carbocycles. The van der Waals surface area contributed by atoms with E-state index < -0.39 is 18.3 Å². The van der Waals surface area contributed by atoms with Crippen molar-refractivity contribution >= 4 is 5.97 Å². The van der Waals surface area contributed by atoms with Crippen LogP contribution in [0.25, 0.3) is 0 Å². The first-order valence-electron chi connectivity index (χ1n) is 4.28. The van der Waals surface area contributed by atoms with Crippen LogP contribution in [0.2, 0.25) is 0 Å². The lowest BCUT2D eigenvalue weighted by Crippen LogP contribution is -2.56. The van der Waals surface area contributed by atoms with E-state index in [1.54, 1.807) is 0 Å². The van der Waals surface area contributed by atoms with E-state index in [9.17, 15) is 13.6 Å². The largest absolute Gasteiger partial charge is 0.480 e. The molecule has 0 heterocycles. The van der Waals surface area contributed by atoms with Crippen molar-refractivity contribution in [3.63, 3.8) is 0 Å². The van der Waals surface area contributed by atoms with Crippen molar-refractivity contribution in [3.05, 3.63) is 0 Å². The third-order valence-corrected chi connectivity index (χ3v) is 2.68. The van der Waals surface area contributed by atoms with Crippen LogP contribution in [-0.4, -0.2) is 30.0 Å². The number of aliphatic carboxylic acids is 1. The van der Waals surface area contributed by atoms with E-state index in [-0.39, 0.29) is 18.4 Å². The Morgan fingerprint density at radius 3 is 1.69 bits per heavy atom. The van der Waals surface area contributed by atoms with Crippen LogP contribution < -0.4 is 5.73 Å². The van der Waals surface area contributed by atoms with Gasteiger partial charge in [-0.15, -0.1) is 0 Å². The van der Waals surface area contributed by atoms with Crippen molar-refractivity contribution in [2.45, 2.75) is 25.2 Å². The van der Waals surface area contributed by atoms with Gasteiger partial charge in [0.15, 0.2) is 0 Å². The Morgan fingerprint density at radius 2 is 1.62 bits per heavy atom. The smallest absolute Gasteiger partial charge is 0.317 e. The molecule has 0 amide bonds. The molecule has 4 unspecified atom stereocenters. The normalized spacial score (nSPS) is 40.2. The number of fused-ring (bicyclic) bond motifs is 1. The van der Waals surface area contributed by atoms with E-state index in [0.717, 1.165) is 12.8 Å². The molecule has 5 heteroatoms. The monoisotopic (exact) mass is 193 g/mol. The Morgan fingerprint density at radius 1 is 1.31 bits per heavy atom. The number of rotatable bonds is 1. The van der Waals surface area contributed by atoms with Crippen molar-refractivity contribution in [1.82, 2.24) is 0 Å². The fourth-order valence-corrected chi connectivity index (χ4v) is 1.67. The summed E-state index contributed by atoms with van der Waals surface area (Å²) in [6, 6.07) is 0. The number of hydrogen-bond acceptors (Lipinski definition) is 2. The molecule has 0 saturated heterocycles. The van der Waals surface area contributed by atoms with Gasteiger partial charge in [0.05, 0.1) is 6.54 Å². The maximum absolute atomic E-state index is 12.2. The highest BCUT2D eigenvalue weighted by Gasteiger charge is 2.56. The molecule has 2 aliphatic rings. The van der Waals surface area contributed by atoms with Gasteiger partial charge in [-0.2, -0.15) is 0 Å². The Kier molecular flexibility index (Phi) is 3.19. The van der Waals surface area contributed by atoms with E-state index in [1.807, 2.05) is 0 Å². The highest BCUT2D eigenvalue weighted by molar-refractivity contribution is 5.68. The fourth-order valence-electron chi connectivity index (χ4n) is 1.67. The van der Waals surface area contributed by atoms with Crippen molar-refractivity contribution in [2.75, 3.05) is 6.54 Å². The predicted octanol–water partition coefficient (Wildman–Crippen LogP) is 0.732. The van der Waals surface area contributed by atoms with Gasteiger partial charge in [-0.1, -0.05) is 0 Å². The van der Waals surface area contributed by atoms with E-state index in [0.29, 0.717) is 0 Å². The molecule has 0 aromatic carbocycles. The summed E-state index contributed by atoms with van der Waals surface area (Å²) in [6.07, 6.45) is -0.360. The van der Waals surface area contributed by atoms with E-state index >= 15 is 0 Å². The Balaban J connectivity index is 0.000000149. The number of carbonyl (C=O) groups is 1. The molecule has 3 N–H and O–H groups in total. The molecular formula is C8H13F2NO2. The van der Waals surface area contributed by atoms with Crippen LogP contribution >= 0.6 is 0 Å². The van der Waals surface area contributed by atoms with Crippen LogP contribution in [0, 0.1) is 11.8 Å². The van der Waals surface area contributed by atoms with E-state index in [2.05, 4.69) is 5.73 Å². The quantitative estimate of drug-likeness (QED) is 0.645. The topological polar surface area (TPSA) is 63.3 Å². The van der Waals surface area contributed by atoms with Gasteiger partial charge in [-0.05, 0) is 24.7 Å². The minimum Gasteiger partial charge on any atom is -0.480 e. The van der Waals surface area contributed by atoms with Gasteiger partial charge in [-0.3, -0.25) is 4.79 Å². The molecule has 3 nitrogen and oxygen atoms in total. The predicted molar refractivity (Wildman–Crippen MR) is 42.7 cm³/mol. The summed E-state index contributed by atoms with van der Waals surface area (Å²) in [7, 11) is 0. The second-order valence-electron chi connectivity index (χ2n) is 3.39. The zero-order chi connectivity index (χ0) is 10.0. The van der Waals surface area contributed by atoms with Crippen LogP contribution in [0.5, 0.6) is 0 Å². The third-order valence-electron chi connectivity index (χ3n) is 2.68. The first-order chi connectivity index (χ1) is 6.07. The molecule has 2 saturated carbocycles. The fraction of sp³-hybridized carbons (Fsp3) is 0.875. The second-order valence-corrected chi connectivity index (χ2v) is 3.39. The van der Waals surface area contributed by atoms with Crippen LogP contribution in [0.4, 0.5) is 8.78 Å². The van der Waals surface area contributed by atoms with Crippen LogP contribution in [0.3, 0.4) is 0 Å². The lowest BCUT2D eigenvalue weighted by molar-refractivity contribution is -0.135. The second kappa shape index (κ2) is 4.00. The number of carboxylic acid groups (broad SMARTS) is 1. The molecular weight excluding hydrogens is 180 g/mol. The SMILES string of the molecule is FC1C(F)C2CCC12.NCC(=O)O. The van der Waals surface area contributed by atoms with Crippen molar-refractivity contribution in [3.8, 4) is 0 Å². The molecule has 13 heavy (non-hydrogen) atoms. The average Bonchev–Trinajstić information content (AvgIpc) is 2.04. The van der Waals surface area contributed by atoms with Crippen LogP contribution in [-0.2, 0) is 4.79 Å². The van der Waals surface area contributed by atoms with Gasteiger partial charge in [0.2, 0.25) is 0 Å². The molecule has 0 bridgehead atoms. The molecule has 0 radical (unpaired) electrons. The number of alkyl halides is 2. The van der Waals surface area contributed by atoms with Crippen molar-refractivity contribution in [2.24, 2.45) is 17.6 Å². The average molecular weight is 193 g/mol. The minimum atomic E-state index is -1.10. The number of carboxylic acids is 1. The summed E-state index contributed by atoms with van der Waals surface area (Å²) >= 11 is 0. The van der Waals surface area contributed by atoms with Crippen LogP contribution in [0.15, 0.2) is 0 Å². The Labute approximate surface area is 74.9 Å². The number of hydrogen-bond donors (Lipinski definition) is 2. The van der Waals surface area contributed by atoms with Crippen molar-refractivity contribution in [1.29, 1.82) is 0 Å². The standard InChI is InChI=1S/C6H8F2.C2H5NO2/c7-5-3-1-2-4(3)6(5)8;3-1-2(4)5/h3-6H,1-2H2;1,3H2,(H,4,5). The molecule has 0 spiro atoms. The number of nitrogens with two attached hydrogens (primary N) is 1.